The SMILES string of the molecule is O=C(O)C1CCN(CCCCc2ccccc2)C1. The Bertz CT molecular complexity index is 377. The highest BCUT2D eigenvalue weighted by Crippen LogP contribution is 2.17. The molecular weight excluding hydrogens is 226 g/mol. The highest BCUT2D eigenvalue weighted by atomic mass is 16.4. The van der Waals surface area contributed by atoms with Crippen molar-refractivity contribution in [2.75, 3.05) is 19.6 Å². The molecule has 0 radical (unpaired) electrons. The van der Waals surface area contributed by atoms with E-state index in [1.165, 1.54) is 12.0 Å². The number of likely N-dealkylation sites (tertiary alicyclic amines) is 1. The number of aliphatic carboxylic acids is 1. The van der Waals surface area contributed by atoms with Gasteiger partial charge in [0, 0.05) is 6.54 Å². The van der Waals surface area contributed by atoms with Crippen molar-refractivity contribution in [1.29, 1.82) is 0 Å². The van der Waals surface area contributed by atoms with E-state index in [4.69, 9.17) is 5.11 Å². The predicted octanol–water partition coefficient (Wildman–Crippen LogP) is 2.42. The first-order valence-electron chi connectivity index (χ1n) is 6.75. The lowest BCUT2D eigenvalue weighted by atomic mass is 10.1. The predicted molar refractivity (Wildman–Crippen MR) is 71.6 cm³/mol. The second kappa shape index (κ2) is 6.55. The largest absolute Gasteiger partial charge is 0.481 e. The van der Waals surface area contributed by atoms with Crippen molar-refractivity contribution in [3.05, 3.63) is 35.9 Å². The Morgan fingerprint density at radius 3 is 2.72 bits per heavy atom. The van der Waals surface area contributed by atoms with E-state index >= 15 is 0 Å². The fourth-order valence-corrected chi connectivity index (χ4v) is 2.55. The van der Waals surface area contributed by atoms with Crippen LogP contribution in [-0.2, 0) is 11.2 Å². The van der Waals surface area contributed by atoms with E-state index in [-0.39, 0.29) is 5.92 Å². The first-order chi connectivity index (χ1) is 8.75. The van der Waals surface area contributed by atoms with E-state index in [2.05, 4.69) is 29.2 Å². The molecular formula is C15H21NO2. The molecule has 18 heavy (non-hydrogen) atoms. The zero-order valence-electron chi connectivity index (χ0n) is 10.7. The molecule has 0 bridgehead atoms. The third-order valence-corrected chi connectivity index (χ3v) is 3.65. The van der Waals surface area contributed by atoms with E-state index in [0.29, 0.717) is 0 Å². The molecule has 1 atom stereocenters. The van der Waals surface area contributed by atoms with Crippen molar-refractivity contribution < 1.29 is 9.90 Å². The van der Waals surface area contributed by atoms with Crippen LogP contribution in [0, 0.1) is 5.92 Å². The minimum absolute atomic E-state index is 0.140. The molecule has 1 aromatic rings. The lowest BCUT2D eigenvalue weighted by Gasteiger charge is -2.14. The van der Waals surface area contributed by atoms with E-state index in [0.717, 1.165) is 38.9 Å². The van der Waals surface area contributed by atoms with Gasteiger partial charge in [-0.2, -0.15) is 0 Å². The first-order valence-corrected chi connectivity index (χ1v) is 6.75. The molecule has 3 nitrogen and oxygen atoms in total. The number of aryl methyl sites for hydroxylation is 1. The summed E-state index contributed by atoms with van der Waals surface area (Å²) in [6, 6.07) is 10.5. The number of carbonyl (C=O) groups is 1. The van der Waals surface area contributed by atoms with Crippen LogP contribution in [-0.4, -0.2) is 35.6 Å². The fraction of sp³-hybridized carbons (Fsp3) is 0.533. The number of hydrogen-bond donors (Lipinski definition) is 1. The van der Waals surface area contributed by atoms with Crippen molar-refractivity contribution in [3.8, 4) is 0 Å². The van der Waals surface area contributed by atoms with Crippen molar-refractivity contribution in [2.45, 2.75) is 25.7 Å². The molecule has 0 spiro atoms. The third kappa shape index (κ3) is 3.84. The Morgan fingerprint density at radius 1 is 1.28 bits per heavy atom. The smallest absolute Gasteiger partial charge is 0.307 e. The van der Waals surface area contributed by atoms with E-state index in [1.54, 1.807) is 0 Å². The molecule has 3 heteroatoms. The summed E-state index contributed by atoms with van der Waals surface area (Å²) in [5.74, 6) is -0.777. The molecule has 1 aliphatic heterocycles. The van der Waals surface area contributed by atoms with Gasteiger partial charge < -0.3 is 10.0 Å². The maximum Gasteiger partial charge on any atom is 0.307 e. The number of carboxylic acids is 1. The van der Waals surface area contributed by atoms with Gasteiger partial charge in [-0.15, -0.1) is 0 Å². The molecule has 0 aliphatic carbocycles. The zero-order chi connectivity index (χ0) is 12.8. The Labute approximate surface area is 108 Å². The number of nitrogens with zero attached hydrogens (tertiary/aromatic N) is 1. The van der Waals surface area contributed by atoms with Gasteiger partial charge in [0.1, 0.15) is 0 Å². The van der Waals surface area contributed by atoms with Crippen LogP contribution in [0.5, 0.6) is 0 Å². The Morgan fingerprint density at radius 2 is 2.06 bits per heavy atom. The van der Waals surface area contributed by atoms with E-state index in [1.807, 2.05) is 6.07 Å². The van der Waals surface area contributed by atoms with E-state index in [9.17, 15) is 4.79 Å². The quantitative estimate of drug-likeness (QED) is 0.785. The molecule has 0 saturated carbocycles. The number of carboxylic acid groups (broad SMARTS) is 1. The third-order valence-electron chi connectivity index (χ3n) is 3.65. The van der Waals surface area contributed by atoms with Gasteiger partial charge in [-0.05, 0) is 44.3 Å². The summed E-state index contributed by atoms with van der Waals surface area (Å²) in [6.45, 7) is 2.72. The lowest BCUT2D eigenvalue weighted by molar-refractivity contribution is -0.141. The number of unbranched alkanes of at least 4 members (excludes halogenated alkanes) is 1. The second-order valence-corrected chi connectivity index (χ2v) is 5.07. The molecule has 1 aromatic carbocycles. The van der Waals surface area contributed by atoms with Crippen LogP contribution in [0.4, 0.5) is 0 Å². The molecule has 1 N–H and O–H groups in total. The van der Waals surface area contributed by atoms with Gasteiger partial charge in [0.05, 0.1) is 5.92 Å². The molecule has 1 saturated heterocycles. The van der Waals surface area contributed by atoms with Gasteiger partial charge in [-0.3, -0.25) is 4.79 Å². The van der Waals surface area contributed by atoms with Crippen molar-refractivity contribution in [2.24, 2.45) is 5.92 Å². The molecule has 1 heterocycles. The normalized spacial score (nSPS) is 20.1. The summed E-state index contributed by atoms with van der Waals surface area (Å²) in [4.78, 5) is 13.1. The summed E-state index contributed by atoms with van der Waals surface area (Å²) in [5, 5.41) is 8.92. The van der Waals surface area contributed by atoms with E-state index < -0.39 is 5.97 Å². The van der Waals surface area contributed by atoms with Gasteiger partial charge in [-0.1, -0.05) is 30.3 Å². The molecule has 2 rings (SSSR count). The second-order valence-electron chi connectivity index (χ2n) is 5.07. The minimum Gasteiger partial charge on any atom is -0.481 e. The minimum atomic E-state index is -0.637. The Kier molecular flexibility index (Phi) is 4.76. The fourth-order valence-electron chi connectivity index (χ4n) is 2.55. The maximum absolute atomic E-state index is 10.8. The summed E-state index contributed by atoms with van der Waals surface area (Å²) in [5.41, 5.74) is 1.39. The van der Waals surface area contributed by atoms with Crippen LogP contribution in [0.25, 0.3) is 0 Å². The zero-order valence-corrected chi connectivity index (χ0v) is 10.7. The standard InChI is InChI=1S/C15H21NO2/c17-15(18)14-9-11-16(12-14)10-5-4-8-13-6-2-1-3-7-13/h1-3,6-7,14H,4-5,8-12H2,(H,17,18). The summed E-state index contributed by atoms with van der Waals surface area (Å²) in [6.07, 6.45) is 4.27. The van der Waals surface area contributed by atoms with Crippen LogP contribution in [0.3, 0.4) is 0 Å². The highest BCUT2D eigenvalue weighted by molar-refractivity contribution is 5.70. The first kappa shape index (κ1) is 13.1. The van der Waals surface area contributed by atoms with Crippen LogP contribution in [0.15, 0.2) is 30.3 Å². The number of rotatable bonds is 6. The van der Waals surface area contributed by atoms with Crippen LogP contribution in [0.2, 0.25) is 0 Å². The molecule has 1 unspecified atom stereocenters. The summed E-state index contributed by atoms with van der Waals surface area (Å²) >= 11 is 0. The van der Waals surface area contributed by atoms with Crippen molar-refractivity contribution in [3.63, 3.8) is 0 Å². The molecule has 98 valence electrons. The highest BCUT2D eigenvalue weighted by Gasteiger charge is 2.27. The van der Waals surface area contributed by atoms with Gasteiger partial charge in [-0.25, -0.2) is 0 Å². The van der Waals surface area contributed by atoms with Crippen LogP contribution < -0.4 is 0 Å². The van der Waals surface area contributed by atoms with Crippen LogP contribution >= 0.6 is 0 Å². The number of hydrogen-bond acceptors (Lipinski definition) is 2. The van der Waals surface area contributed by atoms with Crippen LogP contribution in [0.1, 0.15) is 24.8 Å². The maximum atomic E-state index is 10.8. The van der Waals surface area contributed by atoms with Gasteiger partial charge in [0.15, 0.2) is 0 Å². The number of benzene rings is 1. The Hall–Kier alpha value is -1.35. The lowest BCUT2D eigenvalue weighted by Crippen LogP contribution is -2.24. The average molecular weight is 247 g/mol. The van der Waals surface area contributed by atoms with Crippen molar-refractivity contribution in [1.82, 2.24) is 4.90 Å². The summed E-state index contributed by atoms with van der Waals surface area (Å²) in [7, 11) is 0. The molecule has 1 aliphatic rings. The van der Waals surface area contributed by atoms with Gasteiger partial charge >= 0.3 is 5.97 Å². The van der Waals surface area contributed by atoms with Crippen molar-refractivity contribution >= 4 is 5.97 Å². The van der Waals surface area contributed by atoms with Gasteiger partial charge in [0.25, 0.3) is 0 Å². The monoisotopic (exact) mass is 247 g/mol. The average Bonchev–Trinajstić information content (AvgIpc) is 2.85. The van der Waals surface area contributed by atoms with Gasteiger partial charge in [0.2, 0.25) is 0 Å². The molecule has 0 amide bonds. The molecule has 0 aromatic heterocycles. The molecule has 1 fully saturated rings. The Balaban J connectivity index is 1.61. The topological polar surface area (TPSA) is 40.5 Å². The summed E-state index contributed by atoms with van der Waals surface area (Å²) < 4.78 is 0.